The Morgan fingerprint density at radius 3 is 2.61 bits per heavy atom. The van der Waals surface area contributed by atoms with Crippen LogP contribution in [0, 0.1) is 5.82 Å². The molecule has 0 fully saturated rings. The van der Waals surface area contributed by atoms with Gasteiger partial charge in [0.05, 0.1) is 0 Å². The van der Waals surface area contributed by atoms with E-state index in [4.69, 9.17) is 22.1 Å². The summed E-state index contributed by atoms with van der Waals surface area (Å²) < 4.78 is 18.8. The van der Waals surface area contributed by atoms with Gasteiger partial charge in [-0.2, -0.15) is 0 Å². The molecule has 0 unspecified atom stereocenters. The van der Waals surface area contributed by atoms with Crippen molar-refractivity contribution in [3.05, 3.63) is 64.4 Å². The summed E-state index contributed by atoms with van der Waals surface area (Å²) in [5, 5.41) is 0.606. The van der Waals surface area contributed by atoms with Crippen LogP contribution in [0.5, 0.6) is 5.75 Å². The van der Waals surface area contributed by atoms with Crippen LogP contribution in [0.25, 0.3) is 0 Å². The van der Waals surface area contributed by atoms with E-state index in [-0.39, 0.29) is 12.4 Å². The minimum absolute atomic E-state index is 0.283. The number of nitrogens with two attached hydrogens (primary N) is 1. The van der Waals surface area contributed by atoms with Crippen LogP contribution in [0.15, 0.2) is 42.5 Å². The van der Waals surface area contributed by atoms with Crippen LogP contribution < -0.4 is 10.5 Å². The molecule has 0 aliphatic carbocycles. The summed E-state index contributed by atoms with van der Waals surface area (Å²) in [4.78, 5) is 0. The molecule has 0 aromatic heterocycles. The second-order valence-electron chi connectivity index (χ2n) is 3.92. The zero-order chi connectivity index (χ0) is 13.0. The van der Waals surface area contributed by atoms with Crippen molar-refractivity contribution in [2.75, 3.05) is 0 Å². The summed E-state index contributed by atoms with van der Waals surface area (Å²) >= 11 is 5.84. The third-order valence-electron chi connectivity index (χ3n) is 2.45. The van der Waals surface area contributed by atoms with Crippen molar-refractivity contribution in [1.29, 1.82) is 0 Å². The standard InChI is InChI=1S/C14H13ClFNO/c15-12-2-1-3-14(7-12)18-9-11-4-10(8-17)5-13(16)6-11/h1-7H,8-9,17H2. The normalized spacial score (nSPS) is 10.4. The fraction of sp³-hybridized carbons (Fsp3) is 0.143. The second kappa shape index (κ2) is 5.85. The van der Waals surface area contributed by atoms with E-state index in [9.17, 15) is 4.39 Å². The smallest absolute Gasteiger partial charge is 0.123 e. The number of halogens is 2. The van der Waals surface area contributed by atoms with Gasteiger partial charge in [-0.3, -0.25) is 0 Å². The Hall–Kier alpha value is -1.58. The molecule has 0 bridgehead atoms. The van der Waals surface area contributed by atoms with Crippen molar-refractivity contribution < 1.29 is 9.13 Å². The molecule has 0 aliphatic rings. The fourth-order valence-corrected chi connectivity index (χ4v) is 1.82. The predicted molar refractivity (Wildman–Crippen MR) is 70.1 cm³/mol. The Bertz CT molecular complexity index is 545. The number of rotatable bonds is 4. The first-order valence-electron chi connectivity index (χ1n) is 5.54. The molecule has 4 heteroatoms. The van der Waals surface area contributed by atoms with Gasteiger partial charge in [0, 0.05) is 11.6 Å². The van der Waals surface area contributed by atoms with E-state index in [0.717, 1.165) is 11.1 Å². The van der Waals surface area contributed by atoms with Crippen molar-refractivity contribution >= 4 is 11.6 Å². The van der Waals surface area contributed by atoms with Crippen molar-refractivity contribution in [1.82, 2.24) is 0 Å². The summed E-state index contributed by atoms with van der Waals surface area (Å²) in [5.41, 5.74) is 6.99. The highest BCUT2D eigenvalue weighted by atomic mass is 35.5. The lowest BCUT2D eigenvalue weighted by atomic mass is 10.1. The van der Waals surface area contributed by atoms with Crippen molar-refractivity contribution in [3.8, 4) is 5.75 Å². The molecule has 18 heavy (non-hydrogen) atoms. The van der Waals surface area contributed by atoms with Gasteiger partial charge in [-0.05, 0) is 41.5 Å². The van der Waals surface area contributed by atoms with Crippen LogP contribution >= 0.6 is 11.6 Å². The molecule has 0 radical (unpaired) electrons. The molecule has 2 aromatic rings. The topological polar surface area (TPSA) is 35.2 Å². The third-order valence-corrected chi connectivity index (χ3v) is 2.69. The van der Waals surface area contributed by atoms with E-state index in [2.05, 4.69) is 0 Å². The molecule has 94 valence electrons. The summed E-state index contributed by atoms with van der Waals surface area (Å²) in [6.07, 6.45) is 0. The van der Waals surface area contributed by atoms with E-state index in [0.29, 0.717) is 17.3 Å². The van der Waals surface area contributed by atoms with Crippen molar-refractivity contribution in [3.63, 3.8) is 0 Å². The maximum atomic E-state index is 13.3. The number of hydrogen-bond acceptors (Lipinski definition) is 2. The predicted octanol–water partition coefficient (Wildman–Crippen LogP) is 3.52. The highest BCUT2D eigenvalue weighted by Crippen LogP contribution is 2.19. The van der Waals surface area contributed by atoms with Crippen LogP contribution in [-0.4, -0.2) is 0 Å². The maximum absolute atomic E-state index is 13.3. The lowest BCUT2D eigenvalue weighted by molar-refractivity contribution is 0.305. The Morgan fingerprint density at radius 2 is 1.89 bits per heavy atom. The monoisotopic (exact) mass is 265 g/mol. The molecular weight excluding hydrogens is 253 g/mol. The molecule has 2 rings (SSSR count). The van der Waals surface area contributed by atoms with Gasteiger partial charge in [-0.25, -0.2) is 4.39 Å². The second-order valence-corrected chi connectivity index (χ2v) is 4.35. The minimum atomic E-state index is -0.303. The van der Waals surface area contributed by atoms with E-state index in [1.54, 1.807) is 24.3 Å². The molecule has 0 atom stereocenters. The summed E-state index contributed by atoms with van der Waals surface area (Å²) in [5.74, 6) is 0.351. The minimum Gasteiger partial charge on any atom is -0.489 e. The molecule has 0 heterocycles. The van der Waals surface area contributed by atoms with Gasteiger partial charge >= 0.3 is 0 Å². The summed E-state index contributed by atoms with van der Waals surface area (Å²) in [6, 6.07) is 11.8. The molecular formula is C14H13ClFNO. The quantitative estimate of drug-likeness (QED) is 0.918. The highest BCUT2D eigenvalue weighted by molar-refractivity contribution is 6.30. The van der Waals surface area contributed by atoms with Crippen LogP contribution in [0.1, 0.15) is 11.1 Å². The Morgan fingerprint density at radius 1 is 1.11 bits per heavy atom. The first-order valence-corrected chi connectivity index (χ1v) is 5.92. The molecule has 2 aromatic carbocycles. The van der Waals surface area contributed by atoms with Gasteiger partial charge in [0.15, 0.2) is 0 Å². The van der Waals surface area contributed by atoms with Gasteiger partial charge in [-0.15, -0.1) is 0 Å². The van der Waals surface area contributed by atoms with Crippen LogP contribution in [0.4, 0.5) is 4.39 Å². The molecule has 2 N–H and O–H groups in total. The zero-order valence-electron chi connectivity index (χ0n) is 9.70. The molecule has 0 saturated carbocycles. The lowest BCUT2D eigenvalue weighted by Gasteiger charge is -2.08. The Balaban J connectivity index is 2.08. The molecule has 0 saturated heterocycles. The van der Waals surface area contributed by atoms with Gasteiger partial charge in [0.2, 0.25) is 0 Å². The van der Waals surface area contributed by atoms with Gasteiger partial charge in [0.1, 0.15) is 18.2 Å². The average Bonchev–Trinajstić information content (AvgIpc) is 2.36. The number of ether oxygens (including phenoxy) is 1. The lowest BCUT2D eigenvalue weighted by Crippen LogP contribution is -2.01. The molecule has 0 aliphatic heterocycles. The number of hydrogen-bond donors (Lipinski definition) is 1. The zero-order valence-corrected chi connectivity index (χ0v) is 10.5. The average molecular weight is 266 g/mol. The first kappa shape index (κ1) is 12.9. The highest BCUT2D eigenvalue weighted by Gasteiger charge is 2.01. The Kier molecular flexibility index (Phi) is 4.18. The SMILES string of the molecule is NCc1cc(F)cc(COc2cccc(Cl)c2)c1. The van der Waals surface area contributed by atoms with Crippen molar-refractivity contribution in [2.24, 2.45) is 5.73 Å². The van der Waals surface area contributed by atoms with Crippen LogP contribution in [0.3, 0.4) is 0 Å². The Labute approximate surface area is 110 Å². The van der Waals surface area contributed by atoms with E-state index >= 15 is 0 Å². The van der Waals surface area contributed by atoms with Crippen LogP contribution in [0.2, 0.25) is 5.02 Å². The number of benzene rings is 2. The third kappa shape index (κ3) is 3.45. The van der Waals surface area contributed by atoms with Gasteiger partial charge in [0.25, 0.3) is 0 Å². The van der Waals surface area contributed by atoms with E-state index in [1.165, 1.54) is 12.1 Å². The fourth-order valence-electron chi connectivity index (χ4n) is 1.64. The molecule has 2 nitrogen and oxygen atoms in total. The maximum Gasteiger partial charge on any atom is 0.123 e. The summed E-state index contributed by atoms with van der Waals surface area (Å²) in [7, 11) is 0. The van der Waals surface area contributed by atoms with Gasteiger partial charge in [-0.1, -0.05) is 23.7 Å². The van der Waals surface area contributed by atoms with Crippen LogP contribution in [-0.2, 0) is 13.2 Å². The molecule has 0 amide bonds. The largest absolute Gasteiger partial charge is 0.489 e. The summed E-state index contributed by atoms with van der Waals surface area (Å²) in [6.45, 7) is 0.590. The first-order chi connectivity index (χ1) is 8.67. The van der Waals surface area contributed by atoms with Gasteiger partial charge < -0.3 is 10.5 Å². The van der Waals surface area contributed by atoms with Crippen molar-refractivity contribution in [2.45, 2.75) is 13.2 Å². The van der Waals surface area contributed by atoms with E-state index in [1.807, 2.05) is 6.07 Å². The molecule has 0 spiro atoms. The van der Waals surface area contributed by atoms with E-state index < -0.39 is 0 Å².